The summed E-state index contributed by atoms with van der Waals surface area (Å²) in [6.45, 7) is 0. The Morgan fingerprint density at radius 3 is 2.54 bits per heavy atom. The number of carbonyl (C=O) groups is 4. The van der Waals surface area contributed by atoms with Crippen LogP contribution >= 0.6 is 11.8 Å². The lowest BCUT2D eigenvalue weighted by atomic mass is 10.2. The number of benzene rings is 1. The lowest BCUT2D eigenvalue weighted by molar-refractivity contribution is -0.139. The number of nitrogens with one attached hydrogen (secondary N) is 2. The second-order valence-corrected chi connectivity index (χ2v) is 6.36. The number of hydrogen-bond donors (Lipinski definition) is 4. The number of aliphatic carboxylic acids is 2. The molecule has 10 heteroatoms. The summed E-state index contributed by atoms with van der Waals surface area (Å²) in [5.41, 5.74) is 0.679. The fourth-order valence-electron chi connectivity index (χ4n) is 1.92. The molecule has 0 unspecified atom stereocenters. The van der Waals surface area contributed by atoms with Crippen LogP contribution in [0.15, 0.2) is 24.3 Å². The van der Waals surface area contributed by atoms with E-state index in [0.29, 0.717) is 17.6 Å². The number of rotatable bonds is 11. The van der Waals surface area contributed by atoms with Crippen molar-refractivity contribution in [3.63, 3.8) is 0 Å². The zero-order valence-corrected chi connectivity index (χ0v) is 14.5. The van der Waals surface area contributed by atoms with Crippen LogP contribution in [0.1, 0.15) is 18.4 Å². The number of carboxylic acids is 2. The van der Waals surface area contributed by atoms with Gasteiger partial charge in [0.1, 0.15) is 18.1 Å². The van der Waals surface area contributed by atoms with E-state index in [-0.39, 0.29) is 18.6 Å². The highest BCUT2D eigenvalue weighted by molar-refractivity contribution is 7.98. The predicted octanol–water partition coefficient (Wildman–Crippen LogP) is 1.24. The molecule has 26 heavy (non-hydrogen) atoms. The molecule has 0 aliphatic carbocycles. The van der Waals surface area contributed by atoms with Gasteiger partial charge >= 0.3 is 18.0 Å². The lowest BCUT2D eigenvalue weighted by Crippen LogP contribution is -2.50. The third-order valence-corrected chi connectivity index (χ3v) is 4.30. The summed E-state index contributed by atoms with van der Waals surface area (Å²) < 4.78 is 13.1. The van der Waals surface area contributed by atoms with Gasteiger partial charge in [-0.3, -0.25) is 4.79 Å². The van der Waals surface area contributed by atoms with Crippen molar-refractivity contribution >= 4 is 36.0 Å². The Morgan fingerprint density at radius 2 is 1.96 bits per heavy atom. The van der Waals surface area contributed by atoms with Crippen LogP contribution in [0.3, 0.4) is 0 Å². The van der Waals surface area contributed by atoms with Crippen LogP contribution in [0.4, 0.5) is 9.18 Å². The number of carboxylic acid groups (broad SMARTS) is 2. The van der Waals surface area contributed by atoms with Crippen molar-refractivity contribution in [1.29, 1.82) is 0 Å². The van der Waals surface area contributed by atoms with Gasteiger partial charge in [-0.05, 0) is 24.1 Å². The zero-order valence-electron chi connectivity index (χ0n) is 13.7. The number of hydrogen-bond acceptors (Lipinski definition) is 5. The third kappa shape index (κ3) is 8.47. The summed E-state index contributed by atoms with van der Waals surface area (Å²) >= 11 is 1.20. The molecule has 2 atom stereocenters. The van der Waals surface area contributed by atoms with E-state index in [1.165, 1.54) is 23.9 Å². The summed E-state index contributed by atoms with van der Waals surface area (Å²) in [4.78, 5) is 44.4. The Bertz CT molecular complexity index is 657. The van der Waals surface area contributed by atoms with Gasteiger partial charge < -0.3 is 25.6 Å². The molecule has 1 rings (SSSR count). The van der Waals surface area contributed by atoms with Gasteiger partial charge in [0.05, 0.1) is 6.04 Å². The maximum Gasteiger partial charge on any atom is 0.327 e. The van der Waals surface area contributed by atoms with Gasteiger partial charge in [-0.25, -0.2) is 14.0 Å². The van der Waals surface area contributed by atoms with E-state index in [2.05, 4.69) is 10.6 Å². The van der Waals surface area contributed by atoms with Crippen LogP contribution < -0.4 is 10.6 Å². The topological polar surface area (TPSA) is 133 Å². The minimum atomic E-state index is -1.26. The molecule has 0 aliphatic heterocycles. The van der Waals surface area contributed by atoms with E-state index in [1.807, 2.05) is 0 Å². The molecule has 4 N–H and O–H groups in total. The van der Waals surface area contributed by atoms with Crippen LogP contribution in [0.2, 0.25) is 0 Å². The highest BCUT2D eigenvalue weighted by atomic mass is 32.2. The van der Waals surface area contributed by atoms with E-state index in [0.717, 1.165) is 0 Å². The molecule has 0 radical (unpaired) electrons. The number of halogens is 1. The van der Waals surface area contributed by atoms with Gasteiger partial charge in [0.25, 0.3) is 0 Å². The van der Waals surface area contributed by atoms with Crippen LogP contribution in [-0.2, 0) is 20.1 Å². The first-order valence-corrected chi connectivity index (χ1v) is 8.76. The molecule has 8 nitrogen and oxygen atoms in total. The Labute approximate surface area is 153 Å². The van der Waals surface area contributed by atoms with Crippen molar-refractivity contribution in [2.45, 2.75) is 30.7 Å². The third-order valence-electron chi connectivity index (χ3n) is 3.20. The molecular formula is C16H19FN2O6S. The van der Waals surface area contributed by atoms with E-state index >= 15 is 0 Å². The van der Waals surface area contributed by atoms with Crippen LogP contribution in [-0.4, -0.2) is 52.3 Å². The first-order chi connectivity index (χ1) is 12.3. The Kier molecular flexibility index (Phi) is 9.13. The van der Waals surface area contributed by atoms with Crippen molar-refractivity contribution in [3.8, 4) is 0 Å². The molecule has 0 spiro atoms. The van der Waals surface area contributed by atoms with Crippen molar-refractivity contribution in [2.24, 2.45) is 0 Å². The number of aldehydes is 1. The first-order valence-electron chi connectivity index (χ1n) is 7.61. The second kappa shape index (κ2) is 11.1. The van der Waals surface area contributed by atoms with E-state index in [1.54, 1.807) is 12.1 Å². The first kappa shape index (κ1) is 21.4. The molecule has 142 valence electrons. The number of amides is 2. The molecule has 0 fully saturated rings. The average molecular weight is 386 g/mol. The summed E-state index contributed by atoms with van der Waals surface area (Å²) in [5.74, 6) is -2.38. The fourth-order valence-corrected chi connectivity index (χ4v) is 2.91. The summed E-state index contributed by atoms with van der Waals surface area (Å²) in [6, 6.07) is 2.74. The van der Waals surface area contributed by atoms with Gasteiger partial charge in [-0.2, -0.15) is 11.8 Å². The summed E-state index contributed by atoms with van der Waals surface area (Å²) in [5, 5.41) is 22.2. The minimum Gasteiger partial charge on any atom is -0.481 e. The largest absolute Gasteiger partial charge is 0.481 e. The van der Waals surface area contributed by atoms with E-state index in [4.69, 9.17) is 10.2 Å². The molecule has 0 saturated carbocycles. The number of thioether (sulfide) groups is 1. The van der Waals surface area contributed by atoms with Gasteiger partial charge in [-0.1, -0.05) is 12.1 Å². The second-order valence-electron chi connectivity index (χ2n) is 5.33. The van der Waals surface area contributed by atoms with Gasteiger partial charge in [0.15, 0.2) is 0 Å². The smallest absolute Gasteiger partial charge is 0.327 e. The number of carbonyl (C=O) groups excluding carboxylic acids is 2. The lowest BCUT2D eigenvalue weighted by Gasteiger charge is -2.17. The quantitative estimate of drug-likeness (QED) is 0.421. The van der Waals surface area contributed by atoms with Gasteiger partial charge in [-0.15, -0.1) is 0 Å². The van der Waals surface area contributed by atoms with Gasteiger partial charge in [0, 0.05) is 17.9 Å². The van der Waals surface area contributed by atoms with E-state index < -0.39 is 35.9 Å². The summed E-state index contributed by atoms with van der Waals surface area (Å²) in [7, 11) is 0. The van der Waals surface area contributed by atoms with Crippen molar-refractivity contribution in [3.05, 3.63) is 35.6 Å². The molecule has 0 aliphatic rings. The monoisotopic (exact) mass is 386 g/mol. The maximum absolute atomic E-state index is 13.1. The van der Waals surface area contributed by atoms with Crippen molar-refractivity contribution in [1.82, 2.24) is 10.6 Å². The van der Waals surface area contributed by atoms with Crippen molar-refractivity contribution in [2.75, 3.05) is 5.75 Å². The Balaban J connectivity index is 2.48. The van der Waals surface area contributed by atoms with Crippen LogP contribution in [0, 0.1) is 5.82 Å². The van der Waals surface area contributed by atoms with Crippen molar-refractivity contribution < 1.29 is 33.8 Å². The molecule has 0 aromatic heterocycles. The van der Waals surface area contributed by atoms with Gasteiger partial charge in [0.2, 0.25) is 0 Å². The highest BCUT2D eigenvalue weighted by Crippen LogP contribution is 2.14. The molecule has 0 bridgehead atoms. The predicted molar refractivity (Wildman–Crippen MR) is 92.4 cm³/mol. The molecule has 0 saturated heterocycles. The Hall–Kier alpha value is -2.62. The molecule has 1 aromatic rings. The SMILES string of the molecule is O=C[C@H](CCC(=O)O)NC(=O)N[C@@H](CSCc1cccc(F)c1)C(=O)O. The molecular weight excluding hydrogens is 367 g/mol. The van der Waals surface area contributed by atoms with Crippen LogP contribution in [0.25, 0.3) is 0 Å². The fraction of sp³-hybridized carbons (Fsp3) is 0.375. The highest BCUT2D eigenvalue weighted by Gasteiger charge is 2.21. The minimum absolute atomic E-state index is 0.0279. The van der Waals surface area contributed by atoms with E-state index in [9.17, 15) is 23.6 Å². The molecule has 2 amide bonds. The maximum atomic E-state index is 13.1. The normalized spacial score (nSPS) is 12.7. The number of urea groups is 1. The molecule has 0 heterocycles. The zero-order chi connectivity index (χ0) is 19.5. The average Bonchev–Trinajstić information content (AvgIpc) is 2.57. The summed E-state index contributed by atoms with van der Waals surface area (Å²) in [6.07, 6.45) is -0.0230. The van der Waals surface area contributed by atoms with Crippen LogP contribution in [0.5, 0.6) is 0 Å². The Morgan fingerprint density at radius 1 is 1.23 bits per heavy atom. The standard InChI is InChI=1S/C16H19FN2O6S/c17-11-3-1-2-10(6-11)8-26-9-13(15(23)24)19-16(25)18-12(7-20)4-5-14(21)22/h1-3,6-7,12-13H,4-5,8-9H2,(H,21,22)(H,23,24)(H2,18,19,25)/t12-,13-/m0/s1. The molecule has 1 aromatic carbocycles.